The molecule has 1 heterocycles. The molecule has 2 aliphatic rings. The number of alkyl halides is 1. The van der Waals surface area contributed by atoms with Crippen molar-refractivity contribution in [2.45, 2.75) is 38.3 Å². The van der Waals surface area contributed by atoms with Crippen LogP contribution >= 0.6 is 12.4 Å². The number of halogens is 2. The SMILES string of the molecule is Cl.FC1CCCCC12CCNC2. The van der Waals surface area contributed by atoms with E-state index in [0.717, 1.165) is 38.8 Å². The lowest BCUT2D eigenvalue weighted by Gasteiger charge is -2.35. The first kappa shape index (κ1) is 10.3. The quantitative estimate of drug-likeness (QED) is 0.623. The number of nitrogens with one attached hydrogen (secondary N) is 1. The van der Waals surface area contributed by atoms with Crippen LogP contribution in [-0.2, 0) is 0 Å². The second kappa shape index (κ2) is 3.93. The number of hydrogen-bond donors (Lipinski definition) is 1. The van der Waals surface area contributed by atoms with Gasteiger partial charge in [0.2, 0.25) is 0 Å². The van der Waals surface area contributed by atoms with Crippen molar-refractivity contribution in [1.29, 1.82) is 0 Å². The minimum atomic E-state index is -0.522. The average Bonchev–Trinajstić information content (AvgIpc) is 2.46. The molecule has 0 aromatic heterocycles. The Morgan fingerprint density at radius 3 is 2.67 bits per heavy atom. The van der Waals surface area contributed by atoms with E-state index in [0.29, 0.717) is 0 Å². The molecule has 1 aliphatic carbocycles. The van der Waals surface area contributed by atoms with E-state index < -0.39 is 6.17 Å². The molecule has 2 fully saturated rings. The van der Waals surface area contributed by atoms with E-state index >= 15 is 0 Å². The summed E-state index contributed by atoms with van der Waals surface area (Å²) in [7, 11) is 0. The fourth-order valence-corrected chi connectivity index (χ4v) is 2.51. The Bertz CT molecular complexity index is 145. The minimum absolute atomic E-state index is 0. The summed E-state index contributed by atoms with van der Waals surface area (Å²) in [5, 5.41) is 3.27. The Balaban J connectivity index is 0.000000720. The maximum atomic E-state index is 13.5. The topological polar surface area (TPSA) is 12.0 Å². The van der Waals surface area contributed by atoms with Crippen molar-refractivity contribution in [3.63, 3.8) is 0 Å². The highest BCUT2D eigenvalue weighted by Crippen LogP contribution is 2.42. The summed E-state index contributed by atoms with van der Waals surface area (Å²) in [5.41, 5.74) is 0.0538. The molecule has 1 saturated heterocycles. The van der Waals surface area contributed by atoms with Gasteiger partial charge in [0.1, 0.15) is 6.17 Å². The summed E-state index contributed by atoms with van der Waals surface area (Å²) in [5.74, 6) is 0. The molecule has 0 amide bonds. The minimum Gasteiger partial charge on any atom is -0.316 e. The third-order valence-electron chi connectivity index (χ3n) is 3.32. The molecule has 0 bridgehead atoms. The Kier molecular flexibility index (Phi) is 3.36. The van der Waals surface area contributed by atoms with E-state index in [4.69, 9.17) is 0 Å². The molecule has 1 saturated carbocycles. The predicted molar refractivity (Wildman–Crippen MR) is 50.5 cm³/mol. The van der Waals surface area contributed by atoms with E-state index in [2.05, 4.69) is 5.32 Å². The highest BCUT2D eigenvalue weighted by atomic mass is 35.5. The molecule has 2 rings (SSSR count). The number of hydrogen-bond acceptors (Lipinski definition) is 1. The van der Waals surface area contributed by atoms with E-state index in [1.807, 2.05) is 0 Å². The zero-order chi connectivity index (χ0) is 7.73. The Labute approximate surface area is 79.5 Å². The van der Waals surface area contributed by atoms with Gasteiger partial charge in [-0.3, -0.25) is 0 Å². The van der Waals surface area contributed by atoms with Gasteiger partial charge in [0.15, 0.2) is 0 Å². The van der Waals surface area contributed by atoms with Gasteiger partial charge >= 0.3 is 0 Å². The molecule has 1 nitrogen and oxygen atoms in total. The van der Waals surface area contributed by atoms with E-state index in [9.17, 15) is 4.39 Å². The summed E-state index contributed by atoms with van der Waals surface area (Å²) in [6.07, 6.45) is 4.80. The van der Waals surface area contributed by atoms with Gasteiger partial charge in [-0.15, -0.1) is 12.4 Å². The van der Waals surface area contributed by atoms with Crippen LogP contribution in [0.3, 0.4) is 0 Å². The van der Waals surface area contributed by atoms with Crippen LogP contribution in [0.15, 0.2) is 0 Å². The second-order valence-electron chi connectivity index (χ2n) is 4.00. The lowest BCUT2D eigenvalue weighted by Crippen LogP contribution is -2.37. The molecular weight excluding hydrogens is 177 g/mol. The highest BCUT2D eigenvalue weighted by molar-refractivity contribution is 5.85. The zero-order valence-electron chi connectivity index (χ0n) is 7.31. The van der Waals surface area contributed by atoms with Gasteiger partial charge in [-0.25, -0.2) is 4.39 Å². The van der Waals surface area contributed by atoms with Gasteiger partial charge in [-0.05, 0) is 25.8 Å². The van der Waals surface area contributed by atoms with Crippen LogP contribution < -0.4 is 5.32 Å². The maximum absolute atomic E-state index is 13.5. The molecule has 1 N–H and O–H groups in total. The Hall–Kier alpha value is 0.180. The van der Waals surface area contributed by atoms with Crippen molar-refractivity contribution in [2.24, 2.45) is 5.41 Å². The largest absolute Gasteiger partial charge is 0.316 e. The zero-order valence-corrected chi connectivity index (χ0v) is 8.13. The summed E-state index contributed by atoms with van der Waals surface area (Å²) < 4.78 is 13.5. The highest BCUT2D eigenvalue weighted by Gasteiger charge is 2.42. The third-order valence-corrected chi connectivity index (χ3v) is 3.32. The Morgan fingerprint density at radius 1 is 1.25 bits per heavy atom. The van der Waals surface area contributed by atoms with E-state index in [1.165, 1.54) is 6.42 Å². The van der Waals surface area contributed by atoms with Crippen molar-refractivity contribution in [3.8, 4) is 0 Å². The van der Waals surface area contributed by atoms with Crippen LogP contribution in [0.2, 0.25) is 0 Å². The first-order chi connectivity index (χ1) is 5.33. The summed E-state index contributed by atoms with van der Waals surface area (Å²) in [4.78, 5) is 0. The first-order valence-corrected chi connectivity index (χ1v) is 4.68. The normalized spacial score (nSPS) is 41.2. The van der Waals surface area contributed by atoms with Crippen LogP contribution in [0, 0.1) is 5.41 Å². The van der Waals surface area contributed by atoms with Crippen molar-refractivity contribution in [2.75, 3.05) is 13.1 Å². The lowest BCUT2D eigenvalue weighted by atomic mass is 9.72. The van der Waals surface area contributed by atoms with Crippen molar-refractivity contribution in [3.05, 3.63) is 0 Å². The Morgan fingerprint density at radius 2 is 2.08 bits per heavy atom. The average molecular weight is 194 g/mol. The van der Waals surface area contributed by atoms with Gasteiger partial charge in [0.05, 0.1) is 0 Å². The molecule has 2 unspecified atom stereocenters. The van der Waals surface area contributed by atoms with E-state index in [-0.39, 0.29) is 17.8 Å². The van der Waals surface area contributed by atoms with Crippen LogP contribution in [0.4, 0.5) is 4.39 Å². The summed E-state index contributed by atoms with van der Waals surface area (Å²) in [6.45, 7) is 1.95. The van der Waals surface area contributed by atoms with Gasteiger partial charge < -0.3 is 5.32 Å². The molecule has 12 heavy (non-hydrogen) atoms. The van der Waals surface area contributed by atoms with Gasteiger partial charge in [0, 0.05) is 12.0 Å². The maximum Gasteiger partial charge on any atom is 0.107 e. The molecule has 72 valence electrons. The van der Waals surface area contributed by atoms with Crippen LogP contribution in [0.25, 0.3) is 0 Å². The van der Waals surface area contributed by atoms with Crippen LogP contribution in [0.5, 0.6) is 0 Å². The monoisotopic (exact) mass is 193 g/mol. The number of rotatable bonds is 0. The van der Waals surface area contributed by atoms with Gasteiger partial charge in [-0.1, -0.05) is 12.8 Å². The lowest BCUT2D eigenvalue weighted by molar-refractivity contribution is 0.0735. The smallest absolute Gasteiger partial charge is 0.107 e. The van der Waals surface area contributed by atoms with Crippen molar-refractivity contribution < 1.29 is 4.39 Å². The first-order valence-electron chi connectivity index (χ1n) is 4.68. The summed E-state index contributed by atoms with van der Waals surface area (Å²) in [6, 6.07) is 0. The van der Waals surface area contributed by atoms with E-state index in [1.54, 1.807) is 0 Å². The molecule has 2 atom stereocenters. The molecule has 1 spiro atoms. The fraction of sp³-hybridized carbons (Fsp3) is 1.00. The molecule has 3 heteroatoms. The third kappa shape index (κ3) is 1.60. The van der Waals surface area contributed by atoms with Crippen molar-refractivity contribution in [1.82, 2.24) is 5.32 Å². The standard InChI is InChI=1S/C9H16FN.ClH/c10-8-3-1-2-4-9(8)5-6-11-7-9;/h8,11H,1-7H2;1H. The fourth-order valence-electron chi connectivity index (χ4n) is 2.51. The molecular formula is C9H17ClFN. The van der Waals surface area contributed by atoms with Gasteiger partial charge in [0.25, 0.3) is 0 Å². The van der Waals surface area contributed by atoms with Crippen LogP contribution in [-0.4, -0.2) is 19.3 Å². The molecule has 1 aliphatic heterocycles. The van der Waals surface area contributed by atoms with Gasteiger partial charge in [-0.2, -0.15) is 0 Å². The second-order valence-corrected chi connectivity index (χ2v) is 4.00. The molecule has 0 aromatic carbocycles. The summed E-state index contributed by atoms with van der Waals surface area (Å²) >= 11 is 0. The molecule has 0 aromatic rings. The van der Waals surface area contributed by atoms with Crippen molar-refractivity contribution >= 4 is 12.4 Å². The molecule has 0 radical (unpaired) electrons. The van der Waals surface area contributed by atoms with Crippen LogP contribution in [0.1, 0.15) is 32.1 Å². The predicted octanol–water partition coefficient (Wildman–Crippen LogP) is 2.30.